The number of hydrogen-bond donors (Lipinski definition) is 1. The van der Waals surface area contributed by atoms with Gasteiger partial charge in [0.1, 0.15) is 18.0 Å². The number of hydrogen-bond acceptors (Lipinski definition) is 4. The van der Waals surface area contributed by atoms with Gasteiger partial charge in [-0.3, -0.25) is 9.78 Å². The highest BCUT2D eigenvalue weighted by Crippen LogP contribution is 2.22. The Balaban J connectivity index is 1.63. The van der Waals surface area contributed by atoms with E-state index in [1.807, 2.05) is 55.8 Å². The van der Waals surface area contributed by atoms with Crippen molar-refractivity contribution < 1.29 is 9.53 Å². The molecule has 0 bridgehead atoms. The van der Waals surface area contributed by atoms with Crippen molar-refractivity contribution >= 4 is 16.9 Å². The zero-order valence-electron chi connectivity index (χ0n) is 14.9. The van der Waals surface area contributed by atoms with Gasteiger partial charge in [0, 0.05) is 29.4 Å². The van der Waals surface area contributed by atoms with Crippen LogP contribution in [0.15, 0.2) is 42.7 Å². The normalized spacial score (nSPS) is 11.2. The van der Waals surface area contributed by atoms with Crippen LogP contribution in [-0.2, 0) is 18.4 Å². The second-order valence-electron chi connectivity index (χ2n) is 6.28. The number of H-pyrrole nitrogens is 1. The number of aromatic amines is 1. The highest BCUT2D eigenvalue weighted by atomic mass is 16.5. The minimum absolute atomic E-state index is 0.163. The molecular weight excluding hydrogens is 330 g/mol. The van der Waals surface area contributed by atoms with E-state index in [1.165, 1.54) is 0 Å². The monoisotopic (exact) mass is 349 g/mol. The SMILES string of the molecule is Cc1ccc(C)n1-c1c(C(=O)OCc2cccc3cn[nH]c23)cnn1C. The van der Waals surface area contributed by atoms with Gasteiger partial charge in [0.25, 0.3) is 0 Å². The minimum Gasteiger partial charge on any atom is -0.457 e. The molecule has 1 N–H and O–H groups in total. The summed E-state index contributed by atoms with van der Waals surface area (Å²) in [7, 11) is 1.82. The van der Waals surface area contributed by atoms with Crippen LogP contribution >= 0.6 is 0 Å². The van der Waals surface area contributed by atoms with Gasteiger partial charge in [0.2, 0.25) is 0 Å². The van der Waals surface area contributed by atoms with Crippen molar-refractivity contribution in [1.82, 2.24) is 24.5 Å². The zero-order valence-corrected chi connectivity index (χ0v) is 14.9. The molecule has 4 rings (SSSR count). The van der Waals surface area contributed by atoms with Crippen LogP contribution < -0.4 is 0 Å². The van der Waals surface area contributed by atoms with Gasteiger partial charge in [0.05, 0.1) is 17.9 Å². The lowest BCUT2D eigenvalue weighted by Crippen LogP contribution is -2.13. The average Bonchev–Trinajstić information content (AvgIpc) is 3.32. The molecule has 0 aliphatic rings. The first-order valence-electron chi connectivity index (χ1n) is 8.31. The van der Waals surface area contributed by atoms with E-state index < -0.39 is 5.97 Å². The van der Waals surface area contributed by atoms with Gasteiger partial charge in [0.15, 0.2) is 0 Å². The van der Waals surface area contributed by atoms with Gasteiger partial charge in [-0.2, -0.15) is 10.2 Å². The third kappa shape index (κ3) is 2.57. The number of aryl methyl sites for hydroxylation is 3. The Morgan fingerprint density at radius 1 is 1.15 bits per heavy atom. The molecule has 4 aromatic rings. The number of esters is 1. The van der Waals surface area contributed by atoms with Gasteiger partial charge in [-0.05, 0) is 26.0 Å². The maximum atomic E-state index is 12.7. The van der Waals surface area contributed by atoms with Crippen molar-refractivity contribution in [1.29, 1.82) is 0 Å². The summed E-state index contributed by atoms with van der Waals surface area (Å²) in [6.07, 6.45) is 3.30. The summed E-state index contributed by atoms with van der Waals surface area (Å²) < 4.78 is 9.26. The van der Waals surface area contributed by atoms with Gasteiger partial charge in [-0.1, -0.05) is 18.2 Å². The molecule has 0 unspecified atom stereocenters. The van der Waals surface area contributed by atoms with E-state index in [4.69, 9.17) is 4.74 Å². The molecule has 26 heavy (non-hydrogen) atoms. The van der Waals surface area contributed by atoms with Crippen LogP contribution in [0.25, 0.3) is 16.7 Å². The fraction of sp³-hybridized carbons (Fsp3) is 0.211. The predicted octanol–water partition coefficient (Wildman–Crippen LogP) is 3.06. The largest absolute Gasteiger partial charge is 0.457 e. The number of aromatic nitrogens is 5. The van der Waals surface area contributed by atoms with Crippen LogP contribution in [0.1, 0.15) is 27.3 Å². The number of rotatable bonds is 4. The number of nitrogens with zero attached hydrogens (tertiary/aromatic N) is 4. The molecule has 0 aliphatic carbocycles. The summed E-state index contributed by atoms with van der Waals surface area (Å²) in [5.74, 6) is 0.298. The number of nitrogens with one attached hydrogen (secondary N) is 1. The fourth-order valence-corrected chi connectivity index (χ4v) is 3.21. The lowest BCUT2D eigenvalue weighted by atomic mass is 10.1. The molecule has 0 atom stereocenters. The number of carbonyl (C=O) groups is 1. The van der Waals surface area contributed by atoms with E-state index in [1.54, 1.807) is 17.1 Å². The van der Waals surface area contributed by atoms with Crippen molar-refractivity contribution in [3.05, 3.63) is 65.2 Å². The minimum atomic E-state index is -0.405. The van der Waals surface area contributed by atoms with E-state index >= 15 is 0 Å². The molecule has 132 valence electrons. The highest BCUT2D eigenvalue weighted by molar-refractivity contribution is 5.93. The van der Waals surface area contributed by atoms with Gasteiger partial charge in [-0.15, -0.1) is 0 Å². The van der Waals surface area contributed by atoms with E-state index in [-0.39, 0.29) is 6.61 Å². The standard InChI is InChI=1S/C19H19N5O2/c1-12-7-8-13(2)24(12)18-16(10-21-23(18)3)19(25)26-11-15-6-4-5-14-9-20-22-17(14)15/h4-10H,11H2,1-3H3,(H,20,22). The van der Waals surface area contributed by atoms with Crippen molar-refractivity contribution in [3.63, 3.8) is 0 Å². The van der Waals surface area contributed by atoms with Gasteiger partial charge >= 0.3 is 5.97 Å². The van der Waals surface area contributed by atoms with E-state index in [0.29, 0.717) is 11.4 Å². The van der Waals surface area contributed by atoms with E-state index in [0.717, 1.165) is 27.9 Å². The molecule has 3 aromatic heterocycles. The van der Waals surface area contributed by atoms with Crippen LogP contribution in [-0.4, -0.2) is 30.5 Å². The molecule has 7 nitrogen and oxygen atoms in total. The maximum absolute atomic E-state index is 12.7. The molecule has 0 fully saturated rings. The summed E-state index contributed by atoms with van der Waals surface area (Å²) >= 11 is 0. The molecule has 0 aliphatic heterocycles. The summed E-state index contributed by atoms with van der Waals surface area (Å²) in [5, 5.41) is 12.2. The number of para-hydroxylation sites is 1. The Labute approximate surface area is 150 Å². The molecule has 1 aromatic carbocycles. The summed E-state index contributed by atoms with van der Waals surface area (Å²) in [6.45, 7) is 4.15. The molecule has 3 heterocycles. The van der Waals surface area contributed by atoms with E-state index in [9.17, 15) is 4.79 Å². The Hall–Kier alpha value is -3.35. The number of carbonyl (C=O) groups excluding carboxylic acids is 1. The number of ether oxygens (including phenoxy) is 1. The van der Waals surface area contributed by atoms with Crippen molar-refractivity contribution in [2.45, 2.75) is 20.5 Å². The summed E-state index contributed by atoms with van der Waals surface area (Å²) in [5.41, 5.74) is 4.26. The van der Waals surface area contributed by atoms with Crippen LogP contribution in [0.2, 0.25) is 0 Å². The number of fused-ring (bicyclic) bond motifs is 1. The van der Waals surface area contributed by atoms with Crippen LogP contribution in [0.3, 0.4) is 0 Å². The van der Waals surface area contributed by atoms with Crippen LogP contribution in [0.5, 0.6) is 0 Å². The number of benzene rings is 1. The Bertz CT molecular complexity index is 1080. The molecule has 0 saturated carbocycles. The van der Waals surface area contributed by atoms with Crippen molar-refractivity contribution in [3.8, 4) is 5.82 Å². The first-order valence-corrected chi connectivity index (χ1v) is 8.31. The summed E-state index contributed by atoms with van der Waals surface area (Å²) in [6, 6.07) is 9.81. The predicted molar refractivity (Wildman–Crippen MR) is 97.2 cm³/mol. The van der Waals surface area contributed by atoms with E-state index in [2.05, 4.69) is 15.3 Å². The molecular formula is C19H19N5O2. The van der Waals surface area contributed by atoms with Gasteiger partial charge in [-0.25, -0.2) is 4.79 Å². The highest BCUT2D eigenvalue weighted by Gasteiger charge is 2.21. The first-order chi connectivity index (χ1) is 12.6. The molecule has 0 amide bonds. The smallest absolute Gasteiger partial charge is 0.343 e. The quantitative estimate of drug-likeness (QED) is 0.575. The Morgan fingerprint density at radius 3 is 2.69 bits per heavy atom. The lowest BCUT2D eigenvalue weighted by molar-refractivity contribution is 0.0474. The Kier molecular flexibility index (Phi) is 3.84. The second-order valence-corrected chi connectivity index (χ2v) is 6.28. The summed E-state index contributed by atoms with van der Waals surface area (Å²) in [4.78, 5) is 12.7. The fourth-order valence-electron chi connectivity index (χ4n) is 3.21. The molecule has 0 spiro atoms. The third-order valence-electron chi connectivity index (χ3n) is 4.53. The van der Waals surface area contributed by atoms with Crippen molar-refractivity contribution in [2.75, 3.05) is 0 Å². The van der Waals surface area contributed by atoms with Crippen LogP contribution in [0, 0.1) is 13.8 Å². The zero-order chi connectivity index (χ0) is 18.3. The third-order valence-corrected chi connectivity index (χ3v) is 4.53. The van der Waals surface area contributed by atoms with Gasteiger partial charge < -0.3 is 9.30 Å². The topological polar surface area (TPSA) is 77.7 Å². The second kappa shape index (κ2) is 6.18. The lowest BCUT2D eigenvalue weighted by Gasteiger charge is -2.12. The average molecular weight is 349 g/mol. The first kappa shape index (κ1) is 16.1. The molecule has 7 heteroatoms. The maximum Gasteiger partial charge on any atom is 0.343 e. The molecule has 0 saturated heterocycles. The van der Waals surface area contributed by atoms with Crippen molar-refractivity contribution in [2.24, 2.45) is 7.05 Å². The molecule has 0 radical (unpaired) electrons. The van der Waals surface area contributed by atoms with Crippen LogP contribution in [0.4, 0.5) is 0 Å². The Morgan fingerprint density at radius 2 is 1.92 bits per heavy atom.